The van der Waals surface area contributed by atoms with Gasteiger partial charge in [-0.05, 0) is 36.0 Å². The summed E-state index contributed by atoms with van der Waals surface area (Å²) in [6.45, 7) is 0.756. The summed E-state index contributed by atoms with van der Waals surface area (Å²) in [5, 5.41) is 0. The monoisotopic (exact) mass is 456 g/mol. The van der Waals surface area contributed by atoms with Gasteiger partial charge in [0, 0.05) is 25.6 Å². The second-order valence-electron chi connectivity index (χ2n) is 9.59. The lowest BCUT2D eigenvalue weighted by molar-refractivity contribution is -0.139. The molecule has 2 heterocycles. The highest BCUT2D eigenvalue weighted by molar-refractivity contribution is 6.22. The average Bonchev–Trinajstić information content (AvgIpc) is 3.59. The highest BCUT2D eigenvalue weighted by Gasteiger charge is 2.59. The first-order valence-corrected chi connectivity index (χ1v) is 11.7. The number of amides is 3. The van der Waals surface area contributed by atoms with Crippen LogP contribution in [0.15, 0.2) is 66.7 Å². The van der Waals surface area contributed by atoms with Crippen molar-refractivity contribution in [1.29, 1.82) is 0 Å². The molecule has 34 heavy (non-hydrogen) atoms. The van der Waals surface area contributed by atoms with Crippen LogP contribution in [0.3, 0.4) is 0 Å². The molecule has 0 aromatic heterocycles. The second-order valence-corrected chi connectivity index (χ2v) is 9.59. The maximum Gasteiger partial charge on any atom is 0.316 e. The van der Waals surface area contributed by atoms with Gasteiger partial charge >= 0.3 is 5.97 Å². The van der Waals surface area contributed by atoms with Gasteiger partial charge in [-0.15, -0.1) is 0 Å². The Morgan fingerprint density at radius 1 is 0.912 bits per heavy atom. The van der Waals surface area contributed by atoms with Gasteiger partial charge in [0.2, 0.25) is 17.7 Å². The normalized spacial score (nSPS) is 29.3. The largest absolute Gasteiger partial charge is 0.426 e. The van der Waals surface area contributed by atoms with Gasteiger partial charge in [-0.1, -0.05) is 48.6 Å². The van der Waals surface area contributed by atoms with Crippen LogP contribution in [0.5, 0.6) is 5.75 Å². The van der Waals surface area contributed by atoms with Gasteiger partial charge in [0.25, 0.3) is 0 Å². The first-order valence-electron chi connectivity index (χ1n) is 11.7. The van der Waals surface area contributed by atoms with Gasteiger partial charge in [-0.25, -0.2) is 4.90 Å². The van der Waals surface area contributed by atoms with E-state index in [1.54, 1.807) is 29.2 Å². The minimum absolute atomic E-state index is 0.0809. The van der Waals surface area contributed by atoms with Crippen LogP contribution in [-0.4, -0.2) is 35.1 Å². The quantitative estimate of drug-likeness (QED) is 0.299. The summed E-state index contributed by atoms with van der Waals surface area (Å²) >= 11 is 0. The van der Waals surface area contributed by atoms with Gasteiger partial charge in [0.1, 0.15) is 5.75 Å². The number of imide groups is 1. The zero-order chi connectivity index (χ0) is 23.4. The second kappa shape index (κ2) is 7.94. The van der Waals surface area contributed by atoms with E-state index in [-0.39, 0.29) is 53.6 Å². The zero-order valence-electron chi connectivity index (χ0n) is 18.5. The Kier molecular flexibility index (Phi) is 4.86. The van der Waals surface area contributed by atoms with Crippen LogP contribution >= 0.6 is 0 Å². The summed E-state index contributed by atoms with van der Waals surface area (Å²) < 4.78 is 5.59. The molecule has 5 atom stereocenters. The fraction of sp³-hybridized carbons (Fsp3) is 0.333. The first kappa shape index (κ1) is 20.8. The van der Waals surface area contributed by atoms with E-state index < -0.39 is 11.9 Å². The van der Waals surface area contributed by atoms with Crippen molar-refractivity contribution in [3.63, 3.8) is 0 Å². The Balaban J connectivity index is 1.14. The number of fused-ring (bicyclic) bond motifs is 5. The lowest BCUT2D eigenvalue weighted by atomic mass is 9.85. The third-order valence-electron chi connectivity index (χ3n) is 7.53. The molecule has 7 nitrogen and oxygen atoms in total. The van der Waals surface area contributed by atoms with Crippen molar-refractivity contribution < 1.29 is 23.9 Å². The Hall–Kier alpha value is -3.74. The molecule has 2 saturated heterocycles. The Morgan fingerprint density at radius 2 is 1.62 bits per heavy atom. The van der Waals surface area contributed by atoms with Crippen LogP contribution in [0, 0.1) is 29.6 Å². The molecule has 7 heteroatoms. The molecule has 0 radical (unpaired) electrons. The highest BCUT2D eigenvalue weighted by atomic mass is 16.5. The van der Waals surface area contributed by atoms with Crippen molar-refractivity contribution in [2.45, 2.75) is 19.4 Å². The minimum Gasteiger partial charge on any atom is -0.426 e. The molecule has 0 N–H and O–H groups in total. The number of hydrogen-bond donors (Lipinski definition) is 0. The number of nitrogens with zero attached hydrogens (tertiary/aromatic N) is 2. The lowest BCUT2D eigenvalue weighted by Gasteiger charge is -2.18. The number of allylic oxidation sites excluding steroid dienone is 2. The number of hydrogen-bond acceptors (Lipinski definition) is 5. The molecule has 3 fully saturated rings. The molecule has 2 aliphatic carbocycles. The third-order valence-corrected chi connectivity index (χ3v) is 7.53. The molecule has 0 unspecified atom stereocenters. The fourth-order valence-electron chi connectivity index (χ4n) is 5.93. The van der Waals surface area contributed by atoms with Crippen molar-refractivity contribution >= 4 is 29.4 Å². The third kappa shape index (κ3) is 3.34. The van der Waals surface area contributed by atoms with Crippen LogP contribution < -0.4 is 9.64 Å². The fourth-order valence-corrected chi connectivity index (χ4v) is 5.93. The summed E-state index contributed by atoms with van der Waals surface area (Å²) in [7, 11) is 0. The summed E-state index contributed by atoms with van der Waals surface area (Å²) in [6.07, 6.45) is 5.10. The van der Waals surface area contributed by atoms with Crippen LogP contribution in [0.1, 0.15) is 18.4 Å². The SMILES string of the molecule is O=C(Oc1cccc(N2C(=O)[C@@H]3[C@H](C2=O)[C@H]2C=C[C@H]3C2)c1)[C@@H]1CC(=O)N(Cc2ccccc2)C1. The van der Waals surface area contributed by atoms with E-state index in [2.05, 4.69) is 12.2 Å². The van der Waals surface area contributed by atoms with Crippen LogP contribution in [0.2, 0.25) is 0 Å². The number of benzene rings is 2. The number of carbonyl (C=O) groups excluding carboxylic acids is 4. The van der Waals surface area contributed by atoms with Crippen molar-refractivity contribution in [2.24, 2.45) is 29.6 Å². The van der Waals surface area contributed by atoms with E-state index in [0.29, 0.717) is 18.8 Å². The molecule has 2 aliphatic heterocycles. The van der Waals surface area contributed by atoms with E-state index in [0.717, 1.165) is 12.0 Å². The molecule has 2 aromatic carbocycles. The number of ether oxygens (including phenoxy) is 1. The van der Waals surface area contributed by atoms with Crippen LogP contribution in [-0.2, 0) is 25.7 Å². The number of anilines is 1. The minimum atomic E-state index is -0.559. The standard InChI is InChI=1S/C27H24N2O5/c30-22-12-19(15-28(22)14-16-5-2-1-3-6-16)27(33)34-21-8-4-7-20(13-21)29-25(31)23-17-9-10-18(11-17)24(23)26(29)32/h1-10,13,17-19,23-24H,11-12,14-15H2/t17-,18-,19+,23-,24+/m0/s1. The van der Waals surface area contributed by atoms with Crippen molar-refractivity contribution in [2.75, 3.05) is 11.4 Å². The van der Waals surface area contributed by atoms with Crippen molar-refractivity contribution in [3.05, 3.63) is 72.3 Å². The molecule has 4 aliphatic rings. The molecule has 0 spiro atoms. The van der Waals surface area contributed by atoms with Gasteiger partial charge in [0.05, 0.1) is 23.4 Å². The highest BCUT2D eigenvalue weighted by Crippen LogP contribution is 2.53. The molecule has 3 amide bonds. The molecule has 2 bridgehead atoms. The number of carbonyl (C=O) groups is 4. The smallest absolute Gasteiger partial charge is 0.316 e. The lowest BCUT2D eigenvalue weighted by Crippen LogP contribution is -2.32. The number of esters is 1. The Labute approximate surface area is 197 Å². The summed E-state index contributed by atoms with van der Waals surface area (Å²) in [5.41, 5.74) is 1.42. The van der Waals surface area contributed by atoms with E-state index in [1.807, 2.05) is 30.3 Å². The summed E-state index contributed by atoms with van der Waals surface area (Å²) in [6, 6.07) is 16.2. The van der Waals surface area contributed by atoms with E-state index in [4.69, 9.17) is 4.74 Å². The number of likely N-dealkylation sites (tertiary alicyclic amines) is 1. The van der Waals surface area contributed by atoms with E-state index in [1.165, 1.54) is 4.90 Å². The molecular formula is C27H24N2O5. The predicted octanol–water partition coefficient (Wildman–Crippen LogP) is 2.95. The molecule has 172 valence electrons. The van der Waals surface area contributed by atoms with Gasteiger partial charge in [-0.3, -0.25) is 19.2 Å². The average molecular weight is 456 g/mol. The van der Waals surface area contributed by atoms with Gasteiger partial charge in [0.15, 0.2) is 0 Å². The van der Waals surface area contributed by atoms with E-state index in [9.17, 15) is 19.2 Å². The maximum atomic E-state index is 13.1. The predicted molar refractivity (Wildman–Crippen MR) is 122 cm³/mol. The first-order chi connectivity index (χ1) is 16.5. The molecule has 6 rings (SSSR count). The maximum absolute atomic E-state index is 13.1. The Morgan fingerprint density at radius 3 is 2.32 bits per heavy atom. The summed E-state index contributed by atoms with van der Waals surface area (Å²) in [4.78, 5) is 54.3. The van der Waals surface area contributed by atoms with Crippen molar-refractivity contribution in [1.82, 2.24) is 4.90 Å². The summed E-state index contributed by atoms with van der Waals surface area (Å²) in [5.74, 6) is -1.51. The van der Waals surface area contributed by atoms with Crippen LogP contribution in [0.4, 0.5) is 5.69 Å². The van der Waals surface area contributed by atoms with E-state index >= 15 is 0 Å². The van der Waals surface area contributed by atoms with Crippen molar-refractivity contribution in [3.8, 4) is 5.75 Å². The molecule has 2 aromatic rings. The van der Waals surface area contributed by atoms with Gasteiger partial charge < -0.3 is 9.64 Å². The Bertz CT molecular complexity index is 1190. The van der Waals surface area contributed by atoms with Gasteiger partial charge in [-0.2, -0.15) is 0 Å². The zero-order valence-corrected chi connectivity index (χ0v) is 18.5. The number of rotatable bonds is 5. The van der Waals surface area contributed by atoms with Crippen LogP contribution in [0.25, 0.3) is 0 Å². The topological polar surface area (TPSA) is 84.0 Å². The molecular weight excluding hydrogens is 432 g/mol. The molecule has 1 saturated carbocycles.